The predicted octanol–water partition coefficient (Wildman–Crippen LogP) is 3.92. The van der Waals surface area contributed by atoms with Gasteiger partial charge < -0.3 is 24.9 Å². The highest BCUT2D eigenvalue weighted by atomic mass is 32.2. The normalized spacial score (nSPS) is 14.9. The summed E-state index contributed by atoms with van der Waals surface area (Å²) in [4.78, 5) is 33.2. The molecule has 0 bridgehead atoms. The molecule has 0 radical (unpaired) electrons. The van der Waals surface area contributed by atoms with E-state index in [9.17, 15) is 19.1 Å². The van der Waals surface area contributed by atoms with Crippen molar-refractivity contribution in [1.82, 2.24) is 9.97 Å². The van der Waals surface area contributed by atoms with Gasteiger partial charge in [0.2, 0.25) is 0 Å². The van der Waals surface area contributed by atoms with Crippen LogP contribution in [0.2, 0.25) is 0 Å². The van der Waals surface area contributed by atoms with Crippen LogP contribution in [0.4, 0.5) is 10.2 Å². The number of fused-ring (bicyclic) bond motifs is 1. The van der Waals surface area contributed by atoms with Crippen LogP contribution in [0.25, 0.3) is 0 Å². The second-order valence-electron chi connectivity index (χ2n) is 7.53. The van der Waals surface area contributed by atoms with Crippen LogP contribution in [0.5, 0.6) is 11.5 Å². The Labute approximate surface area is 198 Å². The number of methoxy groups -OCH3 is 2. The Balaban J connectivity index is 1.79. The number of aromatic hydroxyl groups is 1. The molecule has 1 aliphatic heterocycles. The first kappa shape index (κ1) is 23.4. The van der Waals surface area contributed by atoms with Crippen LogP contribution < -0.4 is 15.6 Å². The first-order valence-corrected chi connectivity index (χ1v) is 11.3. The first-order chi connectivity index (χ1) is 16.3. The van der Waals surface area contributed by atoms with Gasteiger partial charge in [-0.3, -0.25) is 4.79 Å². The summed E-state index contributed by atoms with van der Waals surface area (Å²) < 4.78 is 24.2. The number of H-pyrrole nitrogens is 1. The smallest absolute Gasteiger partial charge is 0.336 e. The zero-order valence-electron chi connectivity index (χ0n) is 18.6. The Morgan fingerprint density at radius 2 is 2.00 bits per heavy atom. The fourth-order valence-corrected chi connectivity index (χ4v) is 4.70. The van der Waals surface area contributed by atoms with Crippen LogP contribution in [0.1, 0.15) is 29.5 Å². The largest absolute Gasteiger partial charge is 0.504 e. The zero-order chi connectivity index (χ0) is 24.4. The average molecular weight is 484 g/mol. The molecule has 3 aromatic rings. The summed E-state index contributed by atoms with van der Waals surface area (Å²) in [5.41, 5.74) is 1.49. The number of phenols is 1. The molecule has 0 saturated carbocycles. The number of hydrogen-bond acceptors (Lipinski definition) is 8. The van der Waals surface area contributed by atoms with Gasteiger partial charge in [0.25, 0.3) is 5.56 Å². The summed E-state index contributed by atoms with van der Waals surface area (Å²) in [6.45, 7) is 1.69. The summed E-state index contributed by atoms with van der Waals surface area (Å²) in [5.74, 6) is -1.09. The third-order valence-corrected chi connectivity index (χ3v) is 6.41. The van der Waals surface area contributed by atoms with Crippen molar-refractivity contribution in [3.05, 3.63) is 86.6 Å². The molecule has 176 valence electrons. The first-order valence-electron chi connectivity index (χ1n) is 10.3. The van der Waals surface area contributed by atoms with Crippen LogP contribution in [0, 0.1) is 5.82 Å². The van der Waals surface area contributed by atoms with Gasteiger partial charge in [-0.25, -0.2) is 14.2 Å². The van der Waals surface area contributed by atoms with Gasteiger partial charge in [0.05, 0.1) is 31.3 Å². The van der Waals surface area contributed by atoms with Crippen molar-refractivity contribution in [3.63, 3.8) is 0 Å². The summed E-state index contributed by atoms with van der Waals surface area (Å²) in [5, 5.41) is 13.4. The predicted molar refractivity (Wildman–Crippen MR) is 126 cm³/mol. The number of carbonyl (C=O) groups is 1. The molecule has 34 heavy (non-hydrogen) atoms. The highest BCUT2D eigenvalue weighted by molar-refractivity contribution is 7.98. The number of nitrogens with one attached hydrogen (secondary N) is 2. The van der Waals surface area contributed by atoms with E-state index in [-0.39, 0.29) is 40.0 Å². The highest BCUT2D eigenvalue weighted by Crippen LogP contribution is 2.42. The lowest BCUT2D eigenvalue weighted by atomic mass is 9.82. The van der Waals surface area contributed by atoms with Crippen LogP contribution in [-0.4, -0.2) is 35.3 Å². The third-order valence-electron chi connectivity index (χ3n) is 5.49. The van der Waals surface area contributed by atoms with Gasteiger partial charge in [-0.1, -0.05) is 36.0 Å². The van der Waals surface area contributed by atoms with Crippen molar-refractivity contribution in [1.29, 1.82) is 0 Å². The molecule has 2 heterocycles. The van der Waals surface area contributed by atoms with Crippen molar-refractivity contribution in [2.24, 2.45) is 0 Å². The Morgan fingerprint density at radius 1 is 1.24 bits per heavy atom. The average Bonchev–Trinajstić information content (AvgIpc) is 2.82. The molecule has 1 aromatic heterocycles. The van der Waals surface area contributed by atoms with Gasteiger partial charge in [0.15, 0.2) is 16.7 Å². The summed E-state index contributed by atoms with van der Waals surface area (Å²) >= 11 is 1.19. The molecule has 1 atom stereocenters. The summed E-state index contributed by atoms with van der Waals surface area (Å²) in [6, 6.07) is 11.0. The molecule has 3 N–H and O–H groups in total. The second-order valence-corrected chi connectivity index (χ2v) is 8.50. The molecule has 8 nitrogen and oxygen atoms in total. The number of rotatable bonds is 6. The number of esters is 1. The summed E-state index contributed by atoms with van der Waals surface area (Å²) in [6.07, 6.45) is 0. The zero-order valence-corrected chi connectivity index (χ0v) is 19.5. The minimum absolute atomic E-state index is 0.0762. The molecular formula is C24H22FN3O5S. The molecule has 0 spiro atoms. The Bertz CT molecular complexity index is 1350. The van der Waals surface area contributed by atoms with Crippen molar-refractivity contribution in [3.8, 4) is 11.5 Å². The number of nitrogens with zero attached hydrogens (tertiary/aromatic N) is 1. The van der Waals surface area contributed by atoms with E-state index in [1.165, 1.54) is 38.1 Å². The number of allylic oxidation sites excluding steroid dienone is 1. The number of carbonyl (C=O) groups excluding carboxylic acids is 1. The van der Waals surface area contributed by atoms with Crippen molar-refractivity contribution < 1.29 is 23.8 Å². The number of halogens is 1. The van der Waals surface area contributed by atoms with Gasteiger partial charge in [-0.05, 0) is 36.2 Å². The molecule has 2 aromatic carbocycles. The van der Waals surface area contributed by atoms with E-state index in [0.717, 1.165) is 0 Å². The molecule has 1 aliphatic rings. The number of aromatic amines is 1. The lowest BCUT2D eigenvalue weighted by Crippen LogP contribution is -2.31. The van der Waals surface area contributed by atoms with E-state index < -0.39 is 17.4 Å². The minimum atomic E-state index is -0.819. The number of hydrogen-bond donors (Lipinski definition) is 3. The van der Waals surface area contributed by atoms with Crippen molar-refractivity contribution >= 4 is 23.5 Å². The quantitative estimate of drug-likeness (QED) is 0.275. The molecule has 0 fully saturated rings. The maximum atomic E-state index is 14.0. The SMILES string of the molecule is COC(=O)C1=C(C)Nc2nc(SCc3ccccc3F)[nH]c(=O)c2C1c1ccc(O)c(OC)c1. The van der Waals surface area contributed by atoms with Crippen molar-refractivity contribution in [2.45, 2.75) is 23.8 Å². The van der Waals surface area contributed by atoms with E-state index in [1.807, 2.05) is 0 Å². The van der Waals surface area contributed by atoms with Gasteiger partial charge in [-0.15, -0.1) is 0 Å². The Kier molecular flexibility index (Phi) is 6.60. The number of phenolic OH excluding ortho intramolecular Hbond substituents is 1. The topological polar surface area (TPSA) is 114 Å². The van der Waals surface area contributed by atoms with E-state index in [0.29, 0.717) is 22.0 Å². The van der Waals surface area contributed by atoms with Gasteiger partial charge in [0, 0.05) is 11.4 Å². The standard InChI is InChI=1S/C24H22FN3O5S/c1-12-18(23(31)33-3)19(13-8-9-16(29)17(10-13)32-2)20-21(26-12)27-24(28-22(20)30)34-11-14-6-4-5-7-15(14)25/h4-10,19,29H,11H2,1-3H3,(H2,26,27,28,30). The summed E-state index contributed by atoms with van der Waals surface area (Å²) in [7, 11) is 2.67. The molecule has 1 unspecified atom stereocenters. The van der Waals surface area contributed by atoms with Gasteiger partial charge in [-0.2, -0.15) is 0 Å². The van der Waals surface area contributed by atoms with E-state index >= 15 is 0 Å². The maximum Gasteiger partial charge on any atom is 0.336 e. The Morgan fingerprint density at radius 3 is 2.71 bits per heavy atom. The molecule has 0 aliphatic carbocycles. The van der Waals surface area contributed by atoms with E-state index in [2.05, 4.69) is 15.3 Å². The maximum absolute atomic E-state index is 14.0. The lowest BCUT2D eigenvalue weighted by molar-refractivity contribution is -0.136. The number of thioether (sulfide) groups is 1. The fourth-order valence-electron chi connectivity index (χ4n) is 3.85. The third kappa shape index (κ3) is 4.36. The molecular weight excluding hydrogens is 461 g/mol. The minimum Gasteiger partial charge on any atom is -0.504 e. The molecule has 0 amide bonds. The van der Waals surface area contributed by atoms with Gasteiger partial charge >= 0.3 is 5.97 Å². The van der Waals surface area contributed by atoms with Crippen LogP contribution in [-0.2, 0) is 15.3 Å². The van der Waals surface area contributed by atoms with Gasteiger partial charge in [0.1, 0.15) is 11.6 Å². The Hall–Kier alpha value is -3.79. The number of benzene rings is 2. The van der Waals surface area contributed by atoms with Crippen molar-refractivity contribution in [2.75, 3.05) is 19.5 Å². The highest BCUT2D eigenvalue weighted by Gasteiger charge is 2.36. The second kappa shape index (κ2) is 9.60. The van der Waals surface area contributed by atoms with Crippen LogP contribution in [0.15, 0.2) is 63.7 Å². The molecule has 10 heteroatoms. The fraction of sp³-hybridized carbons (Fsp3) is 0.208. The lowest BCUT2D eigenvalue weighted by Gasteiger charge is -2.28. The molecule has 4 rings (SSSR count). The van der Waals surface area contributed by atoms with Crippen LogP contribution >= 0.6 is 11.8 Å². The number of anilines is 1. The molecule has 0 saturated heterocycles. The van der Waals surface area contributed by atoms with E-state index in [4.69, 9.17) is 9.47 Å². The van der Waals surface area contributed by atoms with E-state index in [1.54, 1.807) is 37.3 Å². The number of ether oxygens (including phenoxy) is 2. The monoisotopic (exact) mass is 483 g/mol. The van der Waals surface area contributed by atoms with Crippen LogP contribution in [0.3, 0.4) is 0 Å². The number of aromatic nitrogens is 2.